The molecular weight excluding hydrogens is 629 g/mol. The van der Waals surface area contributed by atoms with Crippen LogP contribution in [0.3, 0.4) is 0 Å². The minimum absolute atomic E-state index is 1.11. The summed E-state index contributed by atoms with van der Waals surface area (Å²) in [4.78, 5) is 2.33. The van der Waals surface area contributed by atoms with Crippen molar-refractivity contribution in [1.29, 1.82) is 0 Å². The third-order valence-corrected chi connectivity index (χ3v) is 10.4. The van der Waals surface area contributed by atoms with Crippen LogP contribution in [0.5, 0.6) is 0 Å². The van der Waals surface area contributed by atoms with Crippen LogP contribution in [0.4, 0.5) is 17.1 Å². The van der Waals surface area contributed by atoms with Crippen molar-refractivity contribution in [3.05, 3.63) is 206 Å². The van der Waals surface area contributed by atoms with Gasteiger partial charge in [0.2, 0.25) is 0 Å². The Morgan fingerprint density at radius 1 is 0.308 bits per heavy atom. The maximum atomic E-state index is 2.37. The van der Waals surface area contributed by atoms with E-state index in [1.54, 1.807) is 0 Å². The smallest absolute Gasteiger partial charge is 0.0541 e. The van der Waals surface area contributed by atoms with Crippen LogP contribution in [0, 0.1) is 0 Å². The molecule has 1 heterocycles. The van der Waals surface area contributed by atoms with Gasteiger partial charge in [-0.2, -0.15) is 0 Å². The fourth-order valence-electron chi connectivity index (χ4n) is 7.85. The molecule has 10 rings (SSSR count). The molecule has 0 aliphatic carbocycles. The minimum Gasteiger partial charge on any atom is -0.311 e. The van der Waals surface area contributed by atoms with Crippen LogP contribution < -0.4 is 4.90 Å². The van der Waals surface area contributed by atoms with E-state index in [4.69, 9.17) is 0 Å². The Balaban J connectivity index is 1.00. The first-order valence-electron chi connectivity index (χ1n) is 17.8. The van der Waals surface area contributed by atoms with Crippen molar-refractivity contribution in [2.45, 2.75) is 0 Å². The van der Waals surface area contributed by atoms with Gasteiger partial charge in [-0.3, -0.25) is 0 Å². The molecule has 0 unspecified atom stereocenters. The van der Waals surface area contributed by atoms with E-state index >= 15 is 0 Å². The zero-order valence-corrected chi connectivity index (χ0v) is 28.5. The number of anilines is 3. The second-order valence-corrected chi connectivity index (χ2v) is 13.4. The van der Waals surface area contributed by atoms with Crippen molar-refractivity contribution >= 4 is 60.4 Å². The van der Waals surface area contributed by atoms with Crippen molar-refractivity contribution in [2.75, 3.05) is 4.90 Å². The van der Waals surface area contributed by atoms with Crippen molar-refractivity contribution in [3.8, 4) is 27.9 Å². The monoisotopic (exact) mass is 662 g/mol. The second-order valence-electron chi connectivity index (χ2n) is 13.4. The van der Waals surface area contributed by atoms with Gasteiger partial charge < -0.3 is 9.47 Å². The molecule has 244 valence electrons. The summed E-state index contributed by atoms with van der Waals surface area (Å²) in [6.45, 7) is 0. The van der Waals surface area contributed by atoms with Gasteiger partial charge in [0, 0.05) is 33.5 Å². The van der Waals surface area contributed by atoms with Crippen molar-refractivity contribution in [1.82, 2.24) is 4.57 Å². The van der Waals surface area contributed by atoms with Crippen molar-refractivity contribution in [3.63, 3.8) is 0 Å². The number of hydrogen-bond acceptors (Lipinski definition) is 1. The molecule has 0 aliphatic rings. The lowest BCUT2D eigenvalue weighted by molar-refractivity contribution is 1.17. The van der Waals surface area contributed by atoms with E-state index in [1.807, 2.05) is 0 Å². The van der Waals surface area contributed by atoms with E-state index in [2.05, 4.69) is 216 Å². The molecule has 0 saturated carbocycles. The number of aromatic nitrogens is 1. The van der Waals surface area contributed by atoms with Crippen LogP contribution >= 0.6 is 0 Å². The van der Waals surface area contributed by atoms with Gasteiger partial charge in [-0.15, -0.1) is 0 Å². The number of benzene rings is 9. The van der Waals surface area contributed by atoms with Crippen LogP contribution in [-0.4, -0.2) is 4.57 Å². The summed E-state index contributed by atoms with van der Waals surface area (Å²) < 4.78 is 2.37. The number of hydrogen-bond donors (Lipinski definition) is 0. The maximum Gasteiger partial charge on any atom is 0.0541 e. The highest BCUT2D eigenvalue weighted by atomic mass is 15.1. The summed E-state index contributed by atoms with van der Waals surface area (Å²) in [5.41, 5.74) is 11.8. The van der Waals surface area contributed by atoms with Crippen LogP contribution in [0.25, 0.3) is 71.3 Å². The van der Waals surface area contributed by atoms with Crippen molar-refractivity contribution < 1.29 is 0 Å². The van der Waals surface area contributed by atoms with Crippen molar-refractivity contribution in [2.24, 2.45) is 0 Å². The molecule has 0 radical (unpaired) electrons. The quantitative estimate of drug-likeness (QED) is 0.172. The zero-order valence-electron chi connectivity index (χ0n) is 28.5. The van der Waals surface area contributed by atoms with Gasteiger partial charge >= 0.3 is 0 Å². The van der Waals surface area contributed by atoms with Gasteiger partial charge in [-0.05, 0) is 117 Å². The van der Waals surface area contributed by atoms with E-state index in [1.165, 1.54) is 65.6 Å². The molecule has 10 aromatic rings. The van der Waals surface area contributed by atoms with E-state index in [0.717, 1.165) is 22.7 Å². The molecular formula is C50H34N2. The normalized spacial score (nSPS) is 11.5. The third-order valence-electron chi connectivity index (χ3n) is 10.4. The van der Waals surface area contributed by atoms with Gasteiger partial charge in [0.05, 0.1) is 11.0 Å². The topological polar surface area (TPSA) is 8.17 Å². The molecule has 1 aromatic heterocycles. The molecule has 0 bridgehead atoms. The Bertz CT molecular complexity index is 2830. The fraction of sp³-hybridized carbons (Fsp3) is 0. The third kappa shape index (κ3) is 5.12. The fourth-order valence-corrected chi connectivity index (χ4v) is 7.85. The minimum atomic E-state index is 1.11. The van der Waals surface area contributed by atoms with E-state index in [9.17, 15) is 0 Å². The zero-order chi connectivity index (χ0) is 34.4. The predicted octanol–water partition coefficient (Wildman–Crippen LogP) is 13.9. The first-order chi connectivity index (χ1) is 25.8. The number of nitrogens with zero attached hydrogens (tertiary/aromatic N) is 2. The molecule has 0 saturated heterocycles. The molecule has 0 spiro atoms. The lowest BCUT2D eigenvalue weighted by Gasteiger charge is -2.26. The molecule has 9 aromatic carbocycles. The van der Waals surface area contributed by atoms with Gasteiger partial charge in [-0.1, -0.05) is 133 Å². The maximum absolute atomic E-state index is 2.37. The largest absolute Gasteiger partial charge is 0.311 e. The van der Waals surface area contributed by atoms with Crippen LogP contribution in [0.15, 0.2) is 206 Å². The second kappa shape index (κ2) is 12.5. The van der Waals surface area contributed by atoms with Crippen LogP contribution in [-0.2, 0) is 0 Å². The predicted molar refractivity (Wildman–Crippen MR) is 221 cm³/mol. The highest BCUT2D eigenvalue weighted by Crippen LogP contribution is 2.39. The molecule has 0 amide bonds. The first-order valence-corrected chi connectivity index (χ1v) is 17.8. The molecule has 0 atom stereocenters. The van der Waals surface area contributed by atoms with Crippen LogP contribution in [0.1, 0.15) is 0 Å². The molecule has 52 heavy (non-hydrogen) atoms. The lowest BCUT2D eigenvalue weighted by atomic mass is 9.94. The number of rotatable bonds is 6. The van der Waals surface area contributed by atoms with Gasteiger partial charge in [-0.25, -0.2) is 0 Å². The molecule has 2 heteroatoms. The Hall–Kier alpha value is -6.90. The average molecular weight is 663 g/mol. The number of para-hydroxylation sites is 3. The first kappa shape index (κ1) is 30.0. The summed E-state index contributed by atoms with van der Waals surface area (Å²) >= 11 is 0. The summed E-state index contributed by atoms with van der Waals surface area (Å²) in [5, 5.41) is 7.55. The van der Waals surface area contributed by atoms with Crippen LogP contribution in [0.2, 0.25) is 0 Å². The standard InChI is InChI=1S/C50H34N2/c1-2-14-41(15-3-1)51(43-28-30-44(31-29-43)52-49-19-8-6-16-47(49)48-17-7-9-20-50(48)52)42-26-23-36(24-27-42)45-18-10-13-40-34-39(25-32-46(40)45)38-22-21-35-11-4-5-12-37(35)33-38/h1-34H. The lowest BCUT2D eigenvalue weighted by Crippen LogP contribution is -2.10. The average Bonchev–Trinajstić information content (AvgIpc) is 3.56. The Kier molecular flexibility index (Phi) is 7.18. The van der Waals surface area contributed by atoms with Gasteiger partial charge in [0.25, 0.3) is 0 Å². The summed E-state index contributed by atoms with van der Waals surface area (Å²) in [6, 6.07) is 74.6. The van der Waals surface area contributed by atoms with E-state index in [-0.39, 0.29) is 0 Å². The van der Waals surface area contributed by atoms with Gasteiger partial charge in [0.1, 0.15) is 0 Å². The highest BCUT2D eigenvalue weighted by molar-refractivity contribution is 6.09. The van der Waals surface area contributed by atoms with E-state index < -0.39 is 0 Å². The highest BCUT2D eigenvalue weighted by Gasteiger charge is 2.16. The van der Waals surface area contributed by atoms with E-state index in [0.29, 0.717) is 0 Å². The Morgan fingerprint density at radius 3 is 1.54 bits per heavy atom. The SMILES string of the molecule is c1ccc(N(c2ccc(-c3cccc4cc(-c5ccc6ccccc6c5)ccc34)cc2)c2ccc(-n3c4ccccc4c4ccccc43)cc2)cc1. The summed E-state index contributed by atoms with van der Waals surface area (Å²) in [7, 11) is 0. The molecule has 0 N–H and O–H groups in total. The Morgan fingerprint density at radius 2 is 0.827 bits per heavy atom. The van der Waals surface area contributed by atoms with Gasteiger partial charge in [0.15, 0.2) is 0 Å². The molecule has 0 aliphatic heterocycles. The molecule has 0 fully saturated rings. The molecule has 2 nitrogen and oxygen atoms in total. The summed E-state index contributed by atoms with van der Waals surface area (Å²) in [6.07, 6.45) is 0. The Labute approximate surface area is 303 Å². The summed E-state index contributed by atoms with van der Waals surface area (Å²) in [5.74, 6) is 0. The number of fused-ring (bicyclic) bond motifs is 5.